The first kappa shape index (κ1) is 30.6. The van der Waals surface area contributed by atoms with Crippen LogP contribution in [0.2, 0.25) is 36.3 Å². The third-order valence-electron chi connectivity index (χ3n) is 6.87. The Labute approximate surface area is 199 Å². The Bertz CT molecular complexity index is 469. The van der Waals surface area contributed by atoms with E-state index < -0.39 is 16.1 Å². The van der Waals surface area contributed by atoms with Crippen LogP contribution in [-0.4, -0.2) is 28.9 Å². The highest BCUT2D eigenvalue weighted by molar-refractivity contribution is 6.86. The van der Waals surface area contributed by atoms with E-state index in [9.17, 15) is 0 Å². The normalized spacial score (nSPS) is 13.4. The van der Waals surface area contributed by atoms with E-state index in [0.717, 1.165) is 6.54 Å². The predicted octanol–water partition coefficient (Wildman–Crippen LogP) is 10.2. The topological polar surface area (TPSA) is 12.4 Å². The third kappa shape index (κ3) is 14.4. The quantitative estimate of drug-likeness (QED) is 0.0911. The van der Waals surface area contributed by atoms with E-state index >= 15 is 0 Å². The van der Waals surface area contributed by atoms with Crippen LogP contribution in [0.4, 0.5) is 0 Å². The van der Waals surface area contributed by atoms with Crippen molar-refractivity contribution in [2.75, 3.05) is 6.54 Å². The van der Waals surface area contributed by atoms with E-state index in [0.29, 0.717) is 0 Å². The fourth-order valence-electron chi connectivity index (χ4n) is 5.61. The van der Waals surface area contributed by atoms with Crippen molar-refractivity contribution >= 4 is 22.4 Å². The van der Waals surface area contributed by atoms with Crippen LogP contribution >= 0.6 is 0 Å². The van der Waals surface area contributed by atoms with Crippen molar-refractivity contribution in [3.63, 3.8) is 0 Å². The van der Waals surface area contributed by atoms with Crippen molar-refractivity contribution in [2.24, 2.45) is 4.99 Å². The molecule has 0 aliphatic heterocycles. The van der Waals surface area contributed by atoms with Gasteiger partial charge in [-0.3, -0.25) is 4.99 Å². The molecule has 1 nitrogen and oxygen atoms in total. The molecule has 0 rings (SSSR count). The highest BCUT2D eigenvalue weighted by Crippen LogP contribution is 2.29. The predicted molar refractivity (Wildman–Crippen MR) is 152 cm³/mol. The van der Waals surface area contributed by atoms with Crippen LogP contribution < -0.4 is 0 Å². The Kier molecular flexibility index (Phi) is 19.9. The molecule has 0 unspecified atom stereocenters. The van der Waals surface area contributed by atoms with Gasteiger partial charge in [0, 0.05) is 6.54 Å². The smallest absolute Gasteiger partial charge is 0.0825 e. The summed E-state index contributed by atoms with van der Waals surface area (Å²) in [6.45, 7) is 14.9. The molecule has 0 bridgehead atoms. The van der Waals surface area contributed by atoms with E-state index in [2.05, 4.69) is 71.3 Å². The van der Waals surface area contributed by atoms with Gasteiger partial charge in [0.15, 0.2) is 0 Å². The third-order valence-corrected chi connectivity index (χ3v) is 17.3. The molecule has 0 heterocycles. The highest BCUT2D eigenvalue weighted by Gasteiger charge is 2.27. The lowest BCUT2D eigenvalue weighted by Gasteiger charge is -2.28. The van der Waals surface area contributed by atoms with E-state index in [1.807, 2.05) is 0 Å². The molecule has 0 aromatic rings. The molecular weight excluding hydrogens is 406 g/mol. The van der Waals surface area contributed by atoms with Crippen molar-refractivity contribution in [1.82, 2.24) is 0 Å². The Hall–Kier alpha value is -0.416. The number of aliphatic imine (C=N–C) groups is 1. The number of nitrogens with zero attached hydrogens (tertiary/aromatic N) is 1. The van der Waals surface area contributed by atoms with Gasteiger partial charge >= 0.3 is 0 Å². The van der Waals surface area contributed by atoms with E-state index in [1.54, 1.807) is 0 Å². The lowest BCUT2D eigenvalue weighted by molar-refractivity contribution is 0.610. The Morgan fingerprint density at radius 3 is 1.52 bits per heavy atom. The average molecular weight is 464 g/mol. The largest absolute Gasteiger partial charge is 0.298 e. The SMILES string of the molecule is C/C=C/[Si](CC=NCCCCCCCC[Si](/C=C/C)(CCC)CCC)(CCC)CCC. The van der Waals surface area contributed by atoms with Gasteiger partial charge in [-0.2, -0.15) is 0 Å². The Morgan fingerprint density at radius 2 is 1.00 bits per heavy atom. The van der Waals surface area contributed by atoms with Crippen molar-refractivity contribution < 1.29 is 0 Å². The monoisotopic (exact) mass is 463 g/mol. The van der Waals surface area contributed by atoms with Gasteiger partial charge in [-0.15, -0.1) is 0 Å². The number of hydrogen-bond acceptors (Lipinski definition) is 1. The van der Waals surface area contributed by atoms with Crippen molar-refractivity contribution in [3.8, 4) is 0 Å². The molecule has 0 aromatic heterocycles. The van der Waals surface area contributed by atoms with Gasteiger partial charge in [-0.05, 0) is 32.5 Å². The second-order valence-corrected chi connectivity index (χ2v) is 18.9. The molecule has 31 heavy (non-hydrogen) atoms. The standard InChI is InChI=1S/C28H57NSi2/c1-7-21-30(22-8-2,23-9-3)27-18-16-14-13-15-17-19-29-20-28-31(24-10-4,25-11-5)26-12-6/h7,10,20-21,24H,8-9,11-19,22-23,25-28H2,1-6H3/b21-7+,24-10+,29-20?. The summed E-state index contributed by atoms with van der Waals surface area (Å²) in [5.74, 6) is 0. The summed E-state index contributed by atoms with van der Waals surface area (Å²) < 4.78 is 0. The molecule has 0 radical (unpaired) electrons. The molecule has 3 heteroatoms. The zero-order chi connectivity index (χ0) is 23.3. The van der Waals surface area contributed by atoms with Gasteiger partial charge in [0.05, 0.1) is 16.1 Å². The van der Waals surface area contributed by atoms with Gasteiger partial charge in [-0.25, -0.2) is 0 Å². The summed E-state index contributed by atoms with van der Waals surface area (Å²) in [5.41, 5.74) is 5.24. The molecular formula is C28H57NSi2. The first-order valence-corrected chi connectivity index (χ1v) is 19.2. The molecule has 0 aliphatic rings. The van der Waals surface area contributed by atoms with Crippen LogP contribution in [0.1, 0.15) is 106 Å². The number of rotatable bonds is 21. The van der Waals surface area contributed by atoms with Crippen LogP contribution in [0.25, 0.3) is 0 Å². The minimum atomic E-state index is -1.25. The Morgan fingerprint density at radius 1 is 0.548 bits per heavy atom. The molecule has 0 aliphatic carbocycles. The van der Waals surface area contributed by atoms with Crippen molar-refractivity contribution in [1.29, 1.82) is 0 Å². The lowest BCUT2D eigenvalue weighted by Crippen LogP contribution is -2.31. The first-order chi connectivity index (χ1) is 15.1. The molecule has 0 atom stereocenters. The molecule has 0 saturated carbocycles. The maximum atomic E-state index is 4.80. The van der Waals surface area contributed by atoms with Gasteiger partial charge in [0.25, 0.3) is 0 Å². The molecule has 0 N–H and O–H groups in total. The summed E-state index contributed by atoms with van der Waals surface area (Å²) in [4.78, 5) is 4.80. The minimum Gasteiger partial charge on any atom is -0.298 e. The van der Waals surface area contributed by atoms with Crippen LogP contribution in [0.15, 0.2) is 28.5 Å². The average Bonchev–Trinajstić information content (AvgIpc) is 2.73. The highest BCUT2D eigenvalue weighted by atomic mass is 28.3. The molecule has 0 saturated heterocycles. The summed E-state index contributed by atoms with van der Waals surface area (Å²) in [5, 5.41) is 0. The second-order valence-electron chi connectivity index (χ2n) is 9.89. The zero-order valence-corrected chi connectivity index (χ0v) is 24.4. The second kappa shape index (κ2) is 20.2. The fraction of sp³-hybridized carbons (Fsp3) is 0.821. The zero-order valence-electron chi connectivity index (χ0n) is 22.4. The summed E-state index contributed by atoms with van der Waals surface area (Å²) in [6.07, 6.45) is 20.7. The maximum Gasteiger partial charge on any atom is 0.0825 e. The molecule has 0 aromatic carbocycles. The summed E-state index contributed by atoms with van der Waals surface area (Å²) in [7, 11) is -2.37. The van der Waals surface area contributed by atoms with Gasteiger partial charge < -0.3 is 0 Å². The summed E-state index contributed by atoms with van der Waals surface area (Å²) in [6, 6.07) is 8.62. The van der Waals surface area contributed by atoms with Crippen LogP contribution in [0.5, 0.6) is 0 Å². The van der Waals surface area contributed by atoms with Crippen molar-refractivity contribution in [3.05, 3.63) is 23.6 Å². The first-order valence-electron chi connectivity index (χ1n) is 13.8. The number of allylic oxidation sites excluding steroid dienone is 2. The van der Waals surface area contributed by atoms with E-state index in [1.165, 1.54) is 100 Å². The van der Waals surface area contributed by atoms with Crippen LogP contribution in [0.3, 0.4) is 0 Å². The molecule has 0 amide bonds. The number of unbranched alkanes of at least 4 members (excludes halogenated alkanes) is 5. The molecule has 182 valence electrons. The molecule has 0 fully saturated rings. The molecule has 0 spiro atoms. The lowest BCUT2D eigenvalue weighted by atomic mass is 10.1. The number of hydrogen-bond donors (Lipinski definition) is 0. The van der Waals surface area contributed by atoms with E-state index in [4.69, 9.17) is 4.99 Å². The van der Waals surface area contributed by atoms with Crippen LogP contribution in [0, 0.1) is 0 Å². The Balaban J connectivity index is 4.09. The minimum absolute atomic E-state index is 1.04. The van der Waals surface area contributed by atoms with Crippen LogP contribution in [-0.2, 0) is 0 Å². The van der Waals surface area contributed by atoms with Crippen molar-refractivity contribution in [2.45, 2.75) is 142 Å². The fourth-order valence-corrected chi connectivity index (χ4v) is 14.8. The van der Waals surface area contributed by atoms with Gasteiger partial charge in [0.2, 0.25) is 0 Å². The van der Waals surface area contributed by atoms with Gasteiger partial charge in [-0.1, -0.05) is 139 Å². The summed E-state index contributed by atoms with van der Waals surface area (Å²) >= 11 is 0. The van der Waals surface area contributed by atoms with Gasteiger partial charge in [0.1, 0.15) is 0 Å². The maximum absolute atomic E-state index is 4.80. The van der Waals surface area contributed by atoms with E-state index in [-0.39, 0.29) is 0 Å².